The zero-order chi connectivity index (χ0) is 18.3. The van der Waals surface area contributed by atoms with Crippen molar-refractivity contribution in [3.8, 4) is 11.1 Å². The van der Waals surface area contributed by atoms with E-state index in [0.29, 0.717) is 23.3 Å². The van der Waals surface area contributed by atoms with Crippen molar-refractivity contribution in [2.75, 3.05) is 13.2 Å². The van der Waals surface area contributed by atoms with E-state index in [9.17, 15) is 0 Å². The Bertz CT molecular complexity index is 839. The van der Waals surface area contributed by atoms with Crippen molar-refractivity contribution in [3.05, 3.63) is 68.7 Å². The van der Waals surface area contributed by atoms with E-state index in [-0.39, 0.29) is 12.2 Å². The van der Waals surface area contributed by atoms with Crippen molar-refractivity contribution in [1.82, 2.24) is 0 Å². The lowest BCUT2D eigenvalue weighted by Crippen LogP contribution is -2.07. The summed E-state index contributed by atoms with van der Waals surface area (Å²) >= 11 is 13.4. The van der Waals surface area contributed by atoms with Crippen LogP contribution in [-0.2, 0) is 9.47 Å². The van der Waals surface area contributed by atoms with Crippen LogP contribution in [0.5, 0.6) is 0 Å². The van der Waals surface area contributed by atoms with Gasteiger partial charge in [0, 0.05) is 13.2 Å². The predicted molar refractivity (Wildman–Crippen MR) is 108 cm³/mol. The molecule has 2 aromatic carbocycles. The number of halogens is 2. The molecule has 26 heavy (non-hydrogen) atoms. The first-order chi connectivity index (χ1) is 12.7. The van der Waals surface area contributed by atoms with Crippen LogP contribution < -0.4 is 0 Å². The van der Waals surface area contributed by atoms with Crippen LogP contribution in [0.3, 0.4) is 0 Å². The van der Waals surface area contributed by atoms with E-state index < -0.39 is 0 Å². The van der Waals surface area contributed by atoms with Gasteiger partial charge in [0.05, 0.1) is 10.1 Å². The standard InChI is InChI=1S/C22H20Cl2O2/c1-3-25-21-15-9-5-7-14-12-18(24)22(26-4-2)16-10-6-8-13(11-17(21)23)20(16)19(14)15/h5-12,21-22H,3-4H2,1-2H3/t21-,22-/m1/s1. The summed E-state index contributed by atoms with van der Waals surface area (Å²) in [6, 6.07) is 12.4. The van der Waals surface area contributed by atoms with Crippen LogP contribution in [0, 0.1) is 0 Å². The fraction of sp³-hybridized carbons (Fsp3) is 0.273. The normalized spacial score (nSPS) is 20.6. The summed E-state index contributed by atoms with van der Waals surface area (Å²) in [6.07, 6.45) is 3.44. The monoisotopic (exact) mass is 386 g/mol. The zero-order valence-corrected chi connectivity index (χ0v) is 16.3. The summed E-state index contributed by atoms with van der Waals surface area (Å²) in [5, 5.41) is 1.37. The van der Waals surface area contributed by atoms with E-state index >= 15 is 0 Å². The van der Waals surface area contributed by atoms with Gasteiger partial charge in [0.15, 0.2) is 0 Å². The Kier molecular flexibility index (Phi) is 4.94. The molecule has 0 radical (unpaired) electrons. The van der Waals surface area contributed by atoms with Crippen LogP contribution in [0.2, 0.25) is 0 Å². The van der Waals surface area contributed by atoms with E-state index in [1.807, 2.05) is 38.1 Å². The maximum Gasteiger partial charge on any atom is 0.119 e. The topological polar surface area (TPSA) is 18.5 Å². The Labute approximate surface area is 164 Å². The van der Waals surface area contributed by atoms with Gasteiger partial charge in [-0.25, -0.2) is 0 Å². The fourth-order valence-corrected chi connectivity index (χ4v) is 4.45. The molecule has 0 aliphatic heterocycles. The molecule has 0 bridgehead atoms. The molecular formula is C22H20Cl2O2. The van der Waals surface area contributed by atoms with E-state index in [1.165, 1.54) is 0 Å². The summed E-state index contributed by atoms with van der Waals surface area (Å²) in [6.45, 7) is 5.13. The van der Waals surface area contributed by atoms with Gasteiger partial charge in [0.2, 0.25) is 0 Å². The fourth-order valence-electron chi connectivity index (χ4n) is 3.85. The molecule has 4 heteroatoms. The minimum absolute atomic E-state index is 0.285. The van der Waals surface area contributed by atoms with Crippen molar-refractivity contribution in [1.29, 1.82) is 0 Å². The molecule has 0 amide bonds. The number of hydrogen-bond acceptors (Lipinski definition) is 2. The van der Waals surface area contributed by atoms with E-state index in [1.54, 1.807) is 0 Å². The second kappa shape index (κ2) is 7.21. The lowest BCUT2D eigenvalue weighted by Gasteiger charge is -2.22. The molecule has 0 heterocycles. The molecule has 2 nitrogen and oxygen atoms in total. The maximum atomic E-state index is 6.68. The summed E-state index contributed by atoms with van der Waals surface area (Å²) < 4.78 is 12.0. The maximum absolute atomic E-state index is 6.68. The van der Waals surface area contributed by atoms with Gasteiger partial charge >= 0.3 is 0 Å². The Morgan fingerprint density at radius 1 is 0.731 bits per heavy atom. The van der Waals surface area contributed by atoms with E-state index in [2.05, 4.69) is 24.3 Å². The number of ether oxygens (including phenoxy) is 2. The molecule has 0 saturated heterocycles. The zero-order valence-electron chi connectivity index (χ0n) is 14.8. The summed E-state index contributed by atoms with van der Waals surface area (Å²) in [5.74, 6) is 0. The highest BCUT2D eigenvalue weighted by atomic mass is 35.5. The first-order valence-corrected chi connectivity index (χ1v) is 9.64. The van der Waals surface area contributed by atoms with Gasteiger partial charge in [-0.1, -0.05) is 59.6 Å². The quantitative estimate of drug-likeness (QED) is 0.582. The smallest absolute Gasteiger partial charge is 0.119 e. The molecule has 4 rings (SSSR count). The first-order valence-electron chi connectivity index (χ1n) is 8.89. The summed E-state index contributed by atoms with van der Waals surface area (Å²) in [4.78, 5) is 0. The highest BCUT2D eigenvalue weighted by Gasteiger charge is 2.32. The van der Waals surface area contributed by atoms with Crippen molar-refractivity contribution >= 4 is 35.4 Å². The Morgan fingerprint density at radius 2 is 1.15 bits per heavy atom. The highest BCUT2D eigenvalue weighted by molar-refractivity contribution is 6.33. The molecule has 2 atom stereocenters. The highest BCUT2D eigenvalue weighted by Crippen LogP contribution is 2.50. The van der Waals surface area contributed by atoms with Crippen molar-refractivity contribution in [2.45, 2.75) is 26.1 Å². The lowest BCUT2D eigenvalue weighted by atomic mass is 9.88. The van der Waals surface area contributed by atoms with E-state index in [4.69, 9.17) is 32.7 Å². The van der Waals surface area contributed by atoms with Crippen LogP contribution in [0.15, 0.2) is 46.5 Å². The van der Waals surface area contributed by atoms with Crippen molar-refractivity contribution in [3.63, 3.8) is 0 Å². The Morgan fingerprint density at radius 3 is 1.54 bits per heavy atom. The van der Waals surface area contributed by atoms with Crippen LogP contribution in [0.1, 0.15) is 48.3 Å². The molecular weight excluding hydrogens is 367 g/mol. The molecule has 0 saturated carbocycles. The molecule has 2 aliphatic rings. The van der Waals surface area contributed by atoms with Crippen molar-refractivity contribution < 1.29 is 9.47 Å². The second-order valence-electron chi connectivity index (χ2n) is 6.35. The average molecular weight is 387 g/mol. The number of rotatable bonds is 4. The van der Waals surface area contributed by atoms with Crippen LogP contribution in [0.4, 0.5) is 0 Å². The molecule has 2 aliphatic carbocycles. The summed E-state index contributed by atoms with van der Waals surface area (Å²) in [7, 11) is 0. The van der Waals surface area contributed by atoms with Gasteiger partial charge in [-0.05, 0) is 59.4 Å². The lowest BCUT2D eigenvalue weighted by molar-refractivity contribution is 0.0939. The second-order valence-corrected chi connectivity index (χ2v) is 7.23. The molecule has 0 unspecified atom stereocenters. The van der Waals surface area contributed by atoms with Crippen LogP contribution in [0.25, 0.3) is 23.3 Å². The van der Waals surface area contributed by atoms with Gasteiger partial charge in [-0.2, -0.15) is 0 Å². The molecule has 0 spiro atoms. The molecule has 134 valence electrons. The molecule has 2 aromatic rings. The van der Waals surface area contributed by atoms with Gasteiger partial charge in [-0.15, -0.1) is 0 Å². The number of benzene rings is 2. The largest absolute Gasteiger partial charge is 0.368 e. The summed E-state index contributed by atoms with van der Waals surface area (Å²) in [5.41, 5.74) is 6.51. The minimum atomic E-state index is -0.285. The predicted octanol–water partition coefficient (Wildman–Crippen LogP) is 6.70. The molecule has 0 N–H and O–H groups in total. The molecule has 0 fully saturated rings. The third kappa shape index (κ3) is 2.82. The third-order valence-electron chi connectivity index (χ3n) is 4.83. The van der Waals surface area contributed by atoms with Crippen molar-refractivity contribution in [2.24, 2.45) is 0 Å². The minimum Gasteiger partial charge on any atom is -0.368 e. The van der Waals surface area contributed by atoms with Gasteiger partial charge < -0.3 is 9.47 Å². The number of hydrogen-bond donors (Lipinski definition) is 0. The van der Waals surface area contributed by atoms with Crippen LogP contribution >= 0.6 is 23.2 Å². The first kappa shape index (κ1) is 17.8. The van der Waals surface area contributed by atoms with E-state index in [0.717, 1.165) is 33.4 Å². The molecule has 0 aromatic heterocycles. The average Bonchev–Trinajstić information content (AvgIpc) is 2.83. The Balaban J connectivity index is 2.09. The van der Waals surface area contributed by atoms with Gasteiger partial charge in [0.1, 0.15) is 12.2 Å². The third-order valence-corrected chi connectivity index (χ3v) is 5.44. The van der Waals surface area contributed by atoms with Gasteiger partial charge in [0.25, 0.3) is 0 Å². The Hall–Kier alpha value is -1.58. The van der Waals surface area contributed by atoms with Gasteiger partial charge in [-0.3, -0.25) is 0 Å². The SMILES string of the molecule is CCO[C@H]1C(Cl)=Cc2cccc3c2-c2c(cccc21)C=C(Cl)[C@@H]3OCC. The van der Waals surface area contributed by atoms with Crippen LogP contribution in [-0.4, -0.2) is 13.2 Å².